The van der Waals surface area contributed by atoms with Gasteiger partial charge in [-0.2, -0.15) is 0 Å². The second kappa shape index (κ2) is 12.7. The van der Waals surface area contributed by atoms with Gasteiger partial charge in [0.05, 0.1) is 25.3 Å². The molecule has 3 N–H and O–H groups in total. The maximum atomic E-state index is 13.1. The van der Waals surface area contributed by atoms with E-state index in [0.717, 1.165) is 53.3 Å². The Kier molecular flexibility index (Phi) is 8.69. The predicted octanol–water partition coefficient (Wildman–Crippen LogP) is 3.72. The third-order valence-corrected chi connectivity index (χ3v) is 7.04. The van der Waals surface area contributed by atoms with Crippen molar-refractivity contribution in [2.75, 3.05) is 55.3 Å². The van der Waals surface area contributed by atoms with E-state index in [1.165, 1.54) is 5.57 Å². The Morgan fingerprint density at radius 2 is 1.76 bits per heavy atom. The molecule has 0 saturated carbocycles. The molecule has 0 bridgehead atoms. The first-order valence-electron chi connectivity index (χ1n) is 13.8. The molecule has 4 heterocycles. The predicted molar refractivity (Wildman–Crippen MR) is 160 cm³/mol. The average Bonchev–Trinajstić information content (AvgIpc) is 2.98. The fourth-order valence-electron chi connectivity index (χ4n) is 4.86. The second-order valence-electron chi connectivity index (χ2n) is 10.4. The van der Waals surface area contributed by atoms with Gasteiger partial charge < -0.3 is 25.6 Å². The van der Waals surface area contributed by atoms with E-state index in [4.69, 9.17) is 15.5 Å². The van der Waals surface area contributed by atoms with Crippen LogP contribution in [-0.4, -0.2) is 71.1 Å². The first-order chi connectivity index (χ1) is 19.8. The molecule has 0 aliphatic carbocycles. The minimum absolute atomic E-state index is 0.0741. The van der Waals surface area contributed by atoms with Crippen molar-refractivity contribution < 1.29 is 14.3 Å². The summed E-state index contributed by atoms with van der Waals surface area (Å²) in [5.74, 6) is 1.02. The molecule has 212 valence electrons. The molecule has 1 saturated heterocycles. The van der Waals surface area contributed by atoms with Crippen LogP contribution in [0.15, 0.2) is 66.5 Å². The van der Waals surface area contributed by atoms with E-state index < -0.39 is 0 Å². The molecule has 2 aromatic heterocycles. The number of hydrogen-bond acceptors (Lipinski definition) is 8. The molecule has 1 aromatic carbocycles. The number of pyridine rings is 1. The number of nitrogens with zero attached hydrogens (tertiary/aromatic N) is 5. The van der Waals surface area contributed by atoms with Crippen molar-refractivity contribution in [3.8, 4) is 11.3 Å². The number of carbonyl (C=O) groups is 2. The Bertz CT molecular complexity index is 1460. The number of benzene rings is 1. The van der Waals surface area contributed by atoms with Crippen LogP contribution in [-0.2, 0) is 20.7 Å². The number of amides is 2. The molecule has 0 atom stereocenters. The lowest BCUT2D eigenvalue weighted by Crippen LogP contribution is -2.37. The van der Waals surface area contributed by atoms with Crippen molar-refractivity contribution in [2.24, 2.45) is 0 Å². The molecule has 2 aliphatic heterocycles. The first-order valence-corrected chi connectivity index (χ1v) is 13.8. The van der Waals surface area contributed by atoms with Crippen molar-refractivity contribution in [3.63, 3.8) is 0 Å². The number of hydrogen-bond donors (Lipinski definition) is 2. The molecule has 5 rings (SSSR count). The normalized spacial score (nSPS) is 15.2. The van der Waals surface area contributed by atoms with Gasteiger partial charge in [-0.15, -0.1) is 0 Å². The summed E-state index contributed by atoms with van der Waals surface area (Å²) in [6.45, 7) is 7.81. The van der Waals surface area contributed by atoms with Crippen LogP contribution in [0.25, 0.3) is 16.8 Å². The van der Waals surface area contributed by atoms with Gasteiger partial charge in [0.1, 0.15) is 5.82 Å². The molecule has 2 amide bonds. The average molecular weight is 554 g/mol. The van der Waals surface area contributed by atoms with Gasteiger partial charge in [0.2, 0.25) is 17.8 Å². The van der Waals surface area contributed by atoms with Gasteiger partial charge in [-0.1, -0.05) is 23.8 Å². The van der Waals surface area contributed by atoms with E-state index in [9.17, 15) is 9.59 Å². The number of rotatable bonds is 7. The molecular formula is C31H35N7O3. The van der Waals surface area contributed by atoms with Gasteiger partial charge in [-0.25, -0.2) is 15.0 Å². The number of aromatic nitrogens is 3. The lowest BCUT2D eigenvalue weighted by Gasteiger charge is -2.30. The molecule has 41 heavy (non-hydrogen) atoms. The number of nitrogens with two attached hydrogens (primary N) is 1. The minimum atomic E-state index is -0.162. The van der Waals surface area contributed by atoms with Crippen molar-refractivity contribution >= 4 is 34.8 Å². The molecule has 2 aliphatic rings. The third kappa shape index (κ3) is 7.34. The van der Waals surface area contributed by atoms with E-state index >= 15 is 0 Å². The summed E-state index contributed by atoms with van der Waals surface area (Å²) in [5, 5.41) is 2.83. The van der Waals surface area contributed by atoms with E-state index in [1.54, 1.807) is 18.5 Å². The standard InChI is InChI=1S/C31H35N7O3/c1-21(2)15-29(39)35-26-5-3-22(4-6-26)16-30(40)38-9-7-23(8-10-38)24-17-27(25-19-33-31(32)34-20-25)36-28(18-24)37-11-13-41-14-12-37/h3-7,15,17-20H,8-14,16H2,1-2H3,(H,35,39)(H2,32,33,34). The number of allylic oxidation sites excluding steroid dienone is 1. The molecule has 3 aromatic rings. The lowest BCUT2D eigenvalue weighted by molar-refractivity contribution is -0.130. The highest BCUT2D eigenvalue weighted by atomic mass is 16.5. The van der Waals surface area contributed by atoms with Crippen LogP contribution in [0.5, 0.6) is 0 Å². The first kappa shape index (κ1) is 28.0. The summed E-state index contributed by atoms with van der Waals surface area (Å²) in [6.07, 6.45) is 8.12. The zero-order valence-corrected chi connectivity index (χ0v) is 23.5. The number of nitrogen functional groups attached to an aromatic ring is 1. The Morgan fingerprint density at radius 3 is 2.41 bits per heavy atom. The summed E-state index contributed by atoms with van der Waals surface area (Å²) in [5.41, 5.74) is 12.1. The summed E-state index contributed by atoms with van der Waals surface area (Å²) in [6, 6.07) is 11.6. The van der Waals surface area contributed by atoms with Crippen molar-refractivity contribution in [3.05, 3.63) is 77.6 Å². The number of anilines is 3. The van der Waals surface area contributed by atoms with Crippen LogP contribution in [0.1, 0.15) is 31.4 Å². The highest BCUT2D eigenvalue weighted by Crippen LogP contribution is 2.30. The SMILES string of the molecule is CC(C)=CC(=O)Nc1ccc(CC(=O)N2CC=C(c3cc(-c4cnc(N)nc4)nc(N4CCOCC4)c3)CC2)cc1. The number of morpholine rings is 1. The van der Waals surface area contributed by atoms with Crippen LogP contribution in [0.4, 0.5) is 17.5 Å². The van der Waals surface area contributed by atoms with Gasteiger partial charge in [0, 0.05) is 55.9 Å². The van der Waals surface area contributed by atoms with Crippen molar-refractivity contribution in [2.45, 2.75) is 26.7 Å². The van der Waals surface area contributed by atoms with Crippen LogP contribution in [0.2, 0.25) is 0 Å². The van der Waals surface area contributed by atoms with Gasteiger partial charge in [0.15, 0.2) is 0 Å². The van der Waals surface area contributed by atoms with Crippen molar-refractivity contribution in [1.82, 2.24) is 19.9 Å². The lowest BCUT2D eigenvalue weighted by atomic mass is 9.98. The summed E-state index contributed by atoms with van der Waals surface area (Å²) < 4.78 is 5.54. The summed E-state index contributed by atoms with van der Waals surface area (Å²) in [7, 11) is 0. The molecule has 0 spiro atoms. The quantitative estimate of drug-likeness (QED) is 0.424. The van der Waals surface area contributed by atoms with Gasteiger partial charge in [-0.3, -0.25) is 9.59 Å². The highest BCUT2D eigenvalue weighted by molar-refractivity contribution is 5.99. The van der Waals surface area contributed by atoms with Gasteiger partial charge in [0.25, 0.3) is 0 Å². The van der Waals surface area contributed by atoms with E-state index in [1.807, 2.05) is 43.0 Å². The van der Waals surface area contributed by atoms with Crippen LogP contribution in [0.3, 0.4) is 0 Å². The molecule has 0 radical (unpaired) electrons. The number of carbonyl (C=O) groups excluding carboxylic acids is 2. The monoisotopic (exact) mass is 553 g/mol. The maximum absolute atomic E-state index is 13.1. The van der Waals surface area contributed by atoms with E-state index in [2.05, 4.69) is 38.4 Å². The minimum Gasteiger partial charge on any atom is -0.378 e. The summed E-state index contributed by atoms with van der Waals surface area (Å²) in [4.78, 5) is 42.3. The molecular weight excluding hydrogens is 518 g/mol. The Labute approximate surface area is 239 Å². The zero-order valence-electron chi connectivity index (χ0n) is 23.5. The molecule has 10 heteroatoms. The highest BCUT2D eigenvalue weighted by Gasteiger charge is 2.21. The Hall–Kier alpha value is -4.57. The zero-order chi connectivity index (χ0) is 28.8. The van der Waals surface area contributed by atoms with Crippen LogP contribution in [0, 0.1) is 0 Å². The Balaban J connectivity index is 1.27. The van der Waals surface area contributed by atoms with E-state index in [-0.39, 0.29) is 17.8 Å². The number of nitrogens with one attached hydrogen (secondary N) is 1. The third-order valence-electron chi connectivity index (χ3n) is 7.04. The van der Waals surface area contributed by atoms with Crippen LogP contribution >= 0.6 is 0 Å². The molecule has 10 nitrogen and oxygen atoms in total. The second-order valence-corrected chi connectivity index (χ2v) is 10.4. The Morgan fingerprint density at radius 1 is 1.02 bits per heavy atom. The number of ether oxygens (including phenoxy) is 1. The molecule has 0 unspecified atom stereocenters. The fourth-order valence-corrected chi connectivity index (χ4v) is 4.86. The fraction of sp³-hybridized carbons (Fsp3) is 0.323. The van der Waals surface area contributed by atoms with Gasteiger partial charge in [-0.05, 0) is 61.2 Å². The summed E-state index contributed by atoms with van der Waals surface area (Å²) >= 11 is 0. The maximum Gasteiger partial charge on any atom is 0.248 e. The van der Waals surface area contributed by atoms with Crippen LogP contribution < -0.4 is 16.0 Å². The largest absolute Gasteiger partial charge is 0.378 e. The molecule has 1 fully saturated rings. The van der Waals surface area contributed by atoms with Gasteiger partial charge >= 0.3 is 0 Å². The smallest absolute Gasteiger partial charge is 0.248 e. The van der Waals surface area contributed by atoms with Crippen molar-refractivity contribution in [1.29, 1.82) is 0 Å². The topological polar surface area (TPSA) is 127 Å². The van der Waals surface area contributed by atoms with E-state index in [0.29, 0.717) is 38.4 Å².